The molecule has 2 aliphatic heterocycles. The van der Waals surface area contributed by atoms with Gasteiger partial charge >= 0.3 is 6.09 Å². The van der Waals surface area contributed by atoms with Gasteiger partial charge < -0.3 is 20.3 Å². The van der Waals surface area contributed by atoms with Crippen molar-refractivity contribution in [1.82, 2.24) is 19.7 Å². The van der Waals surface area contributed by atoms with Crippen molar-refractivity contribution in [3.8, 4) is 0 Å². The molecule has 0 radical (unpaired) electrons. The Morgan fingerprint density at radius 2 is 2.00 bits per heavy atom. The van der Waals surface area contributed by atoms with E-state index < -0.39 is 21.1 Å². The number of fused-ring (bicyclic) bond motifs is 2. The van der Waals surface area contributed by atoms with Gasteiger partial charge in [0, 0.05) is 41.9 Å². The van der Waals surface area contributed by atoms with Crippen molar-refractivity contribution in [2.45, 2.75) is 50.0 Å². The summed E-state index contributed by atoms with van der Waals surface area (Å²) in [5.41, 5.74) is 0.945. The zero-order valence-corrected chi connectivity index (χ0v) is 22.2. The van der Waals surface area contributed by atoms with Gasteiger partial charge in [0.2, 0.25) is 0 Å². The van der Waals surface area contributed by atoms with E-state index in [9.17, 15) is 13.2 Å². The first-order chi connectivity index (χ1) is 16.8. The number of pyridine rings is 1. The van der Waals surface area contributed by atoms with Crippen LogP contribution in [0.25, 0.3) is 10.9 Å². The summed E-state index contributed by atoms with van der Waals surface area (Å²) in [6.45, 7) is 6.80. The van der Waals surface area contributed by atoms with E-state index in [1.54, 1.807) is 28.0 Å². The van der Waals surface area contributed by atoms with Gasteiger partial charge in [-0.3, -0.25) is 9.67 Å². The van der Waals surface area contributed by atoms with Crippen molar-refractivity contribution in [1.29, 1.82) is 0 Å². The molecule has 0 saturated carbocycles. The van der Waals surface area contributed by atoms with E-state index in [4.69, 9.17) is 16.3 Å². The number of rotatable bonds is 4. The fraction of sp³-hybridized carbons (Fsp3) is 0.458. The number of hydrogen-bond acceptors (Lipinski definition) is 8. The fourth-order valence-corrected chi connectivity index (χ4v) is 5.92. The molecular formula is C24H29ClN6O4S. The second-order valence-corrected chi connectivity index (χ2v) is 12.8. The fourth-order valence-electron chi connectivity index (χ4n) is 4.93. The molecule has 1 saturated heterocycles. The molecule has 2 aliphatic rings. The monoisotopic (exact) mass is 532 g/mol. The molecule has 192 valence electrons. The summed E-state index contributed by atoms with van der Waals surface area (Å²) >= 11 is 6.26. The van der Waals surface area contributed by atoms with Crippen LogP contribution >= 0.6 is 11.6 Å². The Hall–Kier alpha value is -3.05. The molecule has 2 atom stereocenters. The van der Waals surface area contributed by atoms with E-state index in [0.29, 0.717) is 35.4 Å². The Balaban J connectivity index is 1.53. The normalized spacial score (nSPS) is 21.8. The number of benzene rings is 1. The summed E-state index contributed by atoms with van der Waals surface area (Å²) in [5, 5.41) is 12.8. The highest BCUT2D eigenvalue weighted by atomic mass is 35.5. The molecule has 4 heterocycles. The molecule has 1 amide bonds. The van der Waals surface area contributed by atoms with Gasteiger partial charge in [0.25, 0.3) is 0 Å². The average molecular weight is 533 g/mol. The quantitative estimate of drug-likeness (QED) is 0.518. The molecule has 0 spiro atoms. The van der Waals surface area contributed by atoms with Gasteiger partial charge in [-0.05, 0) is 51.5 Å². The van der Waals surface area contributed by atoms with E-state index in [-0.39, 0.29) is 23.6 Å². The van der Waals surface area contributed by atoms with Crippen LogP contribution in [0, 0.1) is 5.92 Å². The summed E-state index contributed by atoms with van der Waals surface area (Å²) in [6, 6.07) is 7.21. The molecule has 0 aliphatic carbocycles. The Morgan fingerprint density at radius 3 is 2.72 bits per heavy atom. The van der Waals surface area contributed by atoms with Crippen LogP contribution in [-0.4, -0.2) is 64.8 Å². The molecular weight excluding hydrogens is 504 g/mol. The second kappa shape index (κ2) is 8.52. The maximum absolute atomic E-state index is 12.8. The number of aromatic nitrogens is 3. The van der Waals surface area contributed by atoms with Crippen LogP contribution in [0.5, 0.6) is 0 Å². The number of hydrogen-bond donors (Lipinski definition) is 2. The third-order valence-electron chi connectivity index (χ3n) is 6.50. The summed E-state index contributed by atoms with van der Waals surface area (Å²) in [6.07, 6.45) is 4.67. The highest BCUT2D eigenvalue weighted by Gasteiger charge is 2.48. The smallest absolute Gasteiger partial charge is 0.410 e. The molecule has 3 aromatic rings. The Morgan fingerprint density at radius 1 is 1.25 bits per heavy atom. The molecule has 1 fully saturated rings. The zero-order valence-electron chi connectivity index (χ0n) is 20.6. The van der Waals surface area contributed by atoms with Crippen molar-refractivity contribution >= 4 is 49.8 Å². The van der Waals surface area contributed by atoms with Crippen molar-refractivity contribution in [3.63, 3.8) is 0 Å². The third-order valence-corrected chi connectivity index (χ3v) is 7.74. The lowest BCUT2D eigenvalue weighted by molar-refractivity contribution is 0.0283. The number of carbonyl (C=O) groups is 1. The van der Waals surface area contributed by atoms with Crippen LogP contribution in [-0.2, 0) is 21.1 Å². The van der Waals surface area contributed by atoms with Gasteiger partial charge in [0.15, 0.2) is 14.9 Å². The maximum atomic E-state index is 12.8. The number of likely N-dealkylation sites (tertiary alicyclic amines) is 1. The van der Waals surface area contributed by atoms with Gasteiger partial charge in [-0.1, -0.05) is 11.6 Å². The lowest BCUT2D eigenvalue weighted by Gasteiger charge is -2.37. The van der Waals surface area contributed by atoms with Crippen LogP contribution in [0.4, 0.5) is 16.2 Å². The minimum absolute atomic E-state index is 0.00964. The van der Waals surface area contributed by atoms with E-state index in [2.05, 4.69) is 20.7 Å². The lowest BCUT2D eigenvalue weighted by atomic mass is 9.91. The number of carbonyl (C=O) groups excluding carboxylic acids is 1. The molecule has 5 rings (SSSR count). The van der Waals surface area contributed by atoms with Crippen molar-refractivity contribution in [3.05, 3.63) is 41.7 Å². The van der Waals surface area contributed by atoms with E-state index in [1.807, 2.05) is 39.0 Å². The summed E-state index contributed by atoms with van der Waals surface area (Å²) in [4.78, 5) is 18.7. The first-order valence-electron chi connectivity index (χ1n) is 11.7. The van der Waals surface area contributed by atoms with Gasteiger partial charge in [-0.2, -0.15) is 5.10 Å². The lowest BCUT2D eigenvalue weighted by Crippen LogP contribution is -2.53. The number of amides is 1. The molecule has 10 nitrogen and oxygen atoms in total. The number of nitrogens with one attached hydrogen (secondary N) is 2. The predicted molar refractivity (Wildman–Crippen MR) is 138 cm³/mol. The minimum Gasteiger partial charge on any atom is -0.444 e. The van der Waals surface area contributed by atoms with Crippen LogP contribution in [0.2, 0.25) is 5.02 Å². The van der Waals surface area contributed by atoms with E-state index in [1.165, 1.54) is 0 Å². The van der Waals surface area contributed by atoms with Crippen LogP contribution < -0.4 is 10.6 Å². The third kappa shape index (κ3) is 4.57. The Bertz CT molecular complexity index is 1450. The van der Waals surface area contributed by atoms with Gasteiger partial charge in [-0.25, -0.2) is 13.2 Å². The largest absolute Gasteiger partial charge is 0.444 e. The summed E-state index contributed by atoms with van der Waals surface area (Å²) in [5.74, 6) is -0.0474. The van der Waals surface area contributed by atoms with E-state index >= 15 is 0 Å². The number of halogens is 1. The summed E-state index contributed by atoms with van der Waals surface area (Å²) in [7, 11) is -3.57. The van der Waals surface area contributed by atoms with Crippen molar-refractivity contribution in [2.75, 3.05) is 30.0 Å². The molecule has 2 N–H and O–H groups in total. The number of sulfone groups is 1. The molecule has 36 heavy (non-hydrogen) atoms. The Labute approximate surface area is 214 Å². The average Bonchev–Trinajstić information content (AvgIpc) is 3.48. The molecule has 1 aromatic carbocycles. The van der Waals surface area contributed by atoms with Crippen molar-refractivity contribution < 1.29 is 17.9 Å². The topological polar surface area (TPSA) is 118 Å². The number of ether oxygens (including phenoxy) is 1. The van der Waals surface area contributed by atoms with Crippen LogP contribution in [0.15, 0.2) is 41.7 Å². The number of anilines is 2. The summed E-state index contributed by atoms with van der Waals surface area (Å²) < 4.78 is 32.2. The second-order valence-electron chi connectivity index (χ2n) is 10.5. The molecule has 2 unspecified atom stereocenters. The van der Waals surface area contributed by atoms with Crippen molar-refractivity contribution in [2.24, 2.45) is 5.92 Å². The first-order valence-corrected chi connectivity index (χ1v) is 14.0. The highest BCUT2D eigenvalue weighted by molar-refractivity contribution is 7.90. The van der Waals surface area contributed by atoms with Crippen LogP contribution in [0.1, 0.15) is 27.2 Å². The molecule has 0 bridgehead atoms. The first kappa shape index (κ1) is 24.6. The molecule has 12 heteroatoms. The van der Waals surface area contributed by atoms with E-state index in [0.717, 1.165) is 17.6 Å². The van der Waals surface area contributed by atoms with Gasteiger partial charge in [-0.15, -0.1) is 0 Å². The predicted octanol–water partition coefficient (Wildman–Crippen LogP) is 3.98. The molecule has 2 aromatic heterocycles. The number of nitrogens with zero attached hydrogens (tertiary/aromatic N) is 4. The van der Waals surface area contributed by atoms with Crippen LogP contribution in [0.3, 0.4) is 0 Å². The minimum atomic E-state index is -3.57. The standard InChI is InChI=1S/C24H29ClN6O4S/c1-23(2,3)35-22(32)30-10-8-15(13-30)24(27-18-6-5-16(25)11-19(18)28-24)14-31-20-12-26-9-7-17(20)21(29-31)36(4,33)34/h5-7,9,11-12,15,27-28H,8,10,13-14H2,1-4H3. The zero-order chi connectivity index (χ0) is 25.9. The Kier molecular flexibility index (Phi) is 5.83. The maximum Gasteiger partial charge on any atom is 0.410 e. The van der Waals surface area contributed by atoms with Gasteiger partial charge in [0.05, 0.1) is 29.6 Å². The SMILES string of the molecule is CC(C)(C)OC(=O)N1CCC(C2(Cn3nc(S(C)(=O)=O)c4ccncc43)Nc3ccc(Cl)cc3N2)C1. The highest BCUT2D eigenvalue weighted by Crippen LogP contribution is 2.43. The van der Waals surface area contributed by atoms with Gasteiger partial charge in [0.1, 0.15) is 11.3 Å².